The van der Waals surface area contributed by atoms with E-state index in [1.54, 1.807) is 24.3 Å². The maximum Gasteiger partial charge on any atom is 0.195 e. The highest BCUT2D eigenvalue weighted by Gasteiger charge is 2.33. The van der Waals surface area contributed by atoms with Crippen molar-refractivity contribution in [2.24, 2.45) is 0 Å². The number of ketones is 2. The summed E-state index contributed by atoms with van der Waals surface area (Å²) in [4.78, 5) is 25.2. The van der Waals surface area contributed by atoms with Crippen LogP contribution in [0.2, 0.25) is 0 Å². The van der Waals surface area contributed by atoms with Crippen molar-refractivity contribution in [3.63, 3.8) is 0 Å². The lowest BCUT2D eigenvalue weighted by molar-refractivity contribution is 0.0977. The summed E-state index contributed by atoms with van der Waals surface area (Å²) in [6.07, 6.45) is 0. The highest BCUT2D eigenvalue weighted by atomic mass is 127. The first kappa shape index (κ1) is 13.0. The molecule has 2 nitrogen and oxygen atoms in total. The number of aryl methyl sites for hydroxylation is 1. The van der Waals surface area contributed by atoms with Gasteiger partial charge < -0.3 is 0 Å². The molecule has 0 atom stereocenters. The van der Waals surface area contributed by atoms with E-state index in [-0.39, 0.29) is 11.6 Å². The van der Waals surface area contributed by atoms with E-state index in [0.29, 0.717) is 26.7 Å². The van der Waals surface area contributed by atoms with Crippen LogP contribution in [0.5, 0.6) is 0 Å². The molecule has 0 aromatic heterocycles. The lowest BCUT2D eigenvalue weighted by Gasteiger charge is -2.20. The van der Waals surface area contributed by atoms with Crippen molar-refractivity contribution >= 4 is 50.1 Å². The molecule has 0 bridgehead atoms. The summed E-state index contributed by atoms with van der Waals surface area (Å²) in [5, 5.41) is 0. The second kappa shape index (κ2) is 4.52. The Kier molecular flexibility index (Phi) is 3.09. The highest BCUT2D eigenvalue weighted by Crippen LogP contribution is 2.36. The Balaban J connectivity index is 2.43. The molecule has 0 saturated carbocycles. The minimum absolute atomic E-state index is 0.0704. The first-order valence-corrected chi connectivity index (χ1v) is 7.56. The first-order chi connectivity index (χ1) is 9.02. The minimum atomic E-state index is -0.0880. The van der Waals surface area contributed by atoms with E-state index < -0.39 is 0 Å². The SMILES string of the molecule is Cc1cc(Br)c2c(c1I)C(=O)c1ccccc1C2=O. The summed E-state index contributed by atoms with van der Waals surface area (Å²) < 4.78 is 1.54. The van der Waals surface area contributed by atoms with Crippen molar-refractivity contribution in [2.75, 3.05) is 0 Å². The Morgan fingerprint density at radius 1 is 1.00 bits per heavy atom. The summed E-state index contributed by atoms with van der Waals surface area (Å²) in [6, 6.07) is 8.87. The topological polar surface area (TPSA) is 34.1 Å². The normalized spacial score (nSPS) is 13.2. The molecule has 3 rings (SSSR count). The van der Waals surface area contributed by atoms with Gasteiger partial charge in [-0.1, -0.05) is 24.3 Å². The van der Waals surface area contributed by atoms with Gasteiger partial charge in [0.2, 0.25) is 0 Å². The summed E-state index contributed by atoms with van der Waals surface area (Å²) in [5.41, 5.74) is 2.98. The number of benzene rings is 2. The lowest BCUT2D eigenvalue weighted by Crippen LogP contribution is -2.23. The number of hydrogen-bond donors (Lipinski definition) is 0. The van der Waals surface area contributed by atoms with Crippen molar-refractivity contribution in [3.05, 3.63) is 66.2 Å². The molecule has 2 aromatic rings. The Morgan fingerprint density at radius 2 is 1.53 bits per heavy atom. The van der Waals surface area contributed by atoms with Gasteiger partial charge in [0.05, 0.1) is 0 Å². The fourth-order valence-electron chi connectivity index (χ4n) is 2.34. The van der Waals surface area contributed by atoms with Gasteiger partial charge in [-0.3, -0.25) is 9.59 Å². The summed E-state index contributed by atoms with van der Waals surface area (Å²) in [7, 11) is 0. The molecule has 94 valence electrons. The van der Waals surface area contributed by atoms with Crippen molar-refractivity contribution in [1.29, 1.82) is 0 Å². The van der Waals surface area contributed by atoms with Gasteiger partial charge in [0.1, 0.15) is 0 Å². The number of halogens is 2. The Labute approximate surface area is 132 Å². The first-order valence-electron chi connectivity index (χ1n) is 5.69. The van der Waals surface area contributed by atoms with E-state index in [1.807, 2.05) is 13.0 Å². The van der Waals surface area contributed by atoms with Crippen LogP contribution in [0.25, 0.3) is 0 Å². The van der Waals surface area contributed by atoms with Crippen LogP contribution < -0.4 is 0 Å². The van der Waals surface area contributed by atoms with Crippen molar-refractivity contribution < 1.29 is 9.59 Å². The number of rotatable bonds is 0. The second-order valence-electron chi connectivity index (χ2n) is 4.44. The van der Waals surface area contributed by atoms with Crippen molar-refractivity contribution in [1.82, 2.24) is 0 Å². The van der Waals surface area contributed by atoms with E-state index in [9.17, 15) is 9.59 Å². The monoisotopic (exact) mass is 426 g/mol. The van der Waals surface area contributed by atoms with Gasteiger partial charge in [-0.05, 0) is 57.1 Å². The fourth-order valence-corrected chi connectivity index (χ4v) is 3.73. The average molecular weight is 427 g/mol. The molecule has 0 heterocycles. The molecule has 0 spiro atoms. The van der Waals surface area contributed by atoms with Crippen LogP contribution in [0.15, 0.2) is 34.8 Å². The van der Waals surface area contributed by atoms with Crippen molar-refractivity contribution in [2.45, 2.75) is 6.92 Å². The van der Waals surface area contributed by atoms with E-state index in [0.717, 1.165) is 9.13 Å². The molecule has 4 heteroatoms. The standard InChI is InChI=1S/C15H8BrIO2/c1-7-6-10(16)11-12(13(7)17)15(19)9-5-3-2-4-8(9)14(11)18/h2-6H,1H3. The molecule has 0 saturated heterocycles. The van der Waals surface area contributed by atoms with Gasteiger partial charge in [-0.25, -0.2) is 0 Å². The molecule has 0 aliphatic heterocycles. The maximum absolute atomic E-state index is 12.6. The molecule has 2 aromatic carbocycles. The molecule has 19 heavy (non-hydrogen) atoms. The highest BCUT2D eigenvalue weighted by molar-refractivity contribution is 14.1. The predicted molar refractivity (Wildman–Crippen MR) is 84.9 cm³/mol. The van der Waals surface area contributed by atoms with Gasteiger partial charge in [0, 0.05) is 30.3 Å². The van der Waals surface area contributed by atoms with Crippen LogP contribution in [0.1, 0.15) is 37.4 Å². The summed E-state index contributed by atoms with van der Waals surface area (Å²) >= 11 is 5.54. The molecular weight excluding hydrogens is 419 g/mol. The Bertz CT molecular complexity index is 750. The molecule has 0 radical (unpaired) electrons. The fraction of sp³-hybridized carbons (Fsp3) is 0.0667. The van der Waals surface area contributed by atoms with Gasteiger partial charge in [0.15, 0.2) is 11.6 Å². The van der Waals surface area contributed by atoms with Crippen LogP contribution in [0, 0.1) is 10.5 Å². The number of fused-ring (bicyclic) bond motifs is 2. The number of hydrogen-bond acceptors (Lipinski definition) is 2. The van der Waals surface area contributed by atoms with Crippen LogP contribution >= 0.6 is 38.5 Å². The third kappa shape index (κ3) is 1.80. The van der Waals surface area contributed by atoms with Gasteiger partial charge in [-0.15, -0.1) is 0 Å². The largest absolute Gasteiger partial charge is 0.289 e. The molecule has 0 unspecified atom stereocenters. The van der Waals surface area contributed by atoms with Gasteiger partial charge >= 0.3 is 0 Å². The van der Waals surface area contributed by atoms with Crippen LogP contribution in [0.4, 0.5) is 0 Å². The molecule has 0 N–H and O–H groups in total. The molecule has 1 aliphatic carbocycles. The third-order valence-corrected chi connectivity index (χ3v) is 5.28. The second-order valence-corrected chi connectivity index (χ2v) is 6.38. The van der Waals surface area contributed by atoms with Crippen molar-refractivity contribution in [3.8, 4) is 0 Å². The quantitative estimate of drug-likeness (QED) is 0.506. The summed E-state index contributed by atoms with van der Waals surface area (Å²) in [5.74, 6) is -0.158. The Hall–Kier alpha value is -1.01. The van der Waals surface area contributed by atoms with E-state index in [2.05, 4.69) is 38.5 Å². The smallest absolute Gasteiger partial charge is 0.195 e. The zero-order valence-electron chi connectivity index (χ0n) is 9.96. The average Bonchev–Trinajstić information content (AvgIpc) is 2.40. The van der Waals surface area contributed by atoms with E-state index in [4.69, 9.17) is 0 Å². The Morgan fingerprint density at radius 3 is 2.11 bits per heavy atom. The molecule has 0 amide bonds. The number of carbonyl (C=O) groups is 2. The van der Waals surface area contributed by atoms with Crippen LogP contribution in [-0.4, -0.2) is 11.6 Å². The molecule has 0 fully saturated rings. The zero-order chi connectivity index (χ0) is 13.7. The maximum atomic E-state index is 12.6. The summed E-state index contributed by atoms with van der Waals surface area (Å²) in [6.45, 7) is 1.94. The number of carbonyl (C=O) groups excluding carboxylic acids is 2. The van der Waals surface area contributed by atoms with Crippen LogP contribution in [0.3, 0.4) is 0 Å². The van der Waals surface area contributed by atoms with E-state index >= 15 is 0 Å². The minimum Gasteiger partial charge on any atom is -0.289 e. The van der Waals surface area contributed by atoms with Crippen LogP contribution in [-0.2, 0) is 0 Å². The molecular formula is C15H8BrIO2. The van der Waals surface area contributed by atoms with Gasteiger partial charge in [-0.2, -0.15) is 0 Å². The predicted octanol–water partition coefficient (Wildman–Crippen LogP) is 4.14. The molecule has 1 aliphatic rings. The third-order valence-electron chi connectivity index (χ3n) is 3.27. The lowest BCUT2D eigenvalue weighted by atomic mass is 9.83. The zero-order valence-corrected chi connectivity index (χ0v) is 13.7. The van der Waals surface area contributed by atoms with E-state index in [1.165, 1.54) is 0 Å². The van der Waals surface area contributed by atoms with Gasteiger partial charge in [0.25, 0.3) is 0 Å².